The van der Waals surface area contributed by atoms with E-state index in [-0.39, 0.29) is 0 Å². The first-order chi connectivity index (χ1) is 6.43. The van der Waals surface area contributed by atoms with Gasteiger partial charge in [0.05, 0.1) is 19.3 Å². The molecule has 1 aliphatic rings. The summed E-state index contributed by atoms with van der Waals surface area (Å²) in [7, 11) is 0. The molecule has 0 aromatic heterocycles. The standard InChI is InChI=1S/C11H18O2/c1-2-3-4-5-9-13-11-7-6-8-12-10-11/h2-5,11H,6-10H2,1H3. The molecule has 1 atom stereocenters. The van der Waals surface area contributed by atoms with Crippen molar-refractivity contribution in [1.29, 1.82) is 0 Å². The van der Waals surface area contributed by atoms with Crippen LogP contribution in [0.4, 0.5) is 0 Å². The molecule has 0 bridgehead atoms. The maximum Gasteiger partial charge on any atom is 0.0813 e. The fraction of sp³-hybridized carbons (Fsp3) is 0.636. The molecule has 0 spiro atoms. The second-order valence-corrected chi connectivity index (χ2v) is 3.13. The lowest BCUT2D eigenvalue weighted by molar-refractivity contribution is -0.0409. The molecule has 1 rings (SSSR count). The molecule has 1 heterocycles. The lowest BCUT2D eigenvalue weighted by Gasteiger charge is -2.21. The number of rotatable bonds is 4. The van der Waals surface area contributed by atoms with Gasteiger partial charge in [0, 0.05) is 6.61 Å². The summed E-state index contributed by atoms with van der Waals surface area (Å²) < 4.78 is 10.9. The van der Waals surface area contributed by atoms with Gasteiger partial charge in [-0.05, 0) is 19.8 Å². The summed E-state index contributed by atoms with van der Waals surface area (Å²) >= 11 is 0. The Balaban J connectivity index is 2.04. The third kappa shape index (κ3) is 4.86. The lowest BCUT2D eigenvalue weighted by Crippen LogP contribution is -2.25. The van der Waals surface area contributed by atoms with Crippen LogP contribution in [0.3, 0.4) is 0 Å². The number of hydrogen-bond acceptors (Lipinski definition) is 2. The molecule has 0 saturated carbocycles. The lowest BCUT2D eigenvalue weighted by atomic mass is 10.2. The molecule has 0 aliphatic carbocycles. The molecule has 1 saturated heterocycles. The van der Waals surface area contributed by atoms with E-state index in [2.05, 4.69) is 0 Å². The van der Waals surface area contributed by atoms with Crippen molar-refractivity contribution in [2.75, 3.05) is 19.8 Å². The Hall–Kier alpha value is -0.600. The fourth-order valence-corrected chi connectivity index (χ4v) is 1.28. The molecule has 2 nitrogen and oxygen atoms in total. The minimum Gasteiger partial charge on any atom is -0.379 e. The van der Waals surface area contributed by atoms with E-state index in [1.165, 1.54) is 0 Å². The van der Waals surface area contributed by atoms with E-state index in [9.17, 15) is 0 Å². The van der Waals surface area contributed by atoms with E-state index in [1.807, 2.05) is 31.2 Å². The summed E-state index contributed by atoms with van der Waals surface area (Å²) in [5.74, 6) is 0. The van der Waals surface area contributed by atoms with Crippen molar-refractivity contribution in [2.45, 2.75) is 25.9 Å². The molecule has 13 heavy (non-hydrogen) atoms. The fourth-order valence-electron chi connectivity index (χ4n) is 1.28. The summed E-state index contributed by atoms with van der Waals surface area (Å²) in [6.45, 7) is 4.35. The Morgan fingerprint density at radius 3 is 3.08 bits per heavy atom. The molecule has 74 valence electrons. The van der Waals surface area contributed by atoms with Gasteiger partial charge in [0.2, 0.25) is 0 Å². The van der Waals surface area contributed by atoms with E-state index in [0.717, 1.165) is 26.1 Å². The minimum absolute atomic E-state index is 0.309. The molecular formula is C11H18O2. The van der Waals surface area contributed by atoms with Crippen LogP contribution in [0, 0.1) is 0 Å². The highest BCUT2D eigenvalue weighted by molar-refractivity contribution is 5.00. The zero-order valence-electron chi connectivity index (χ0n) is 8.24. The highest BCUT2D eigenvalue weighted by Gasteiger charge is 2.12. The summed E-state index contributed by atoms with van der Waals surface area (Å²) in [5.41, 5.74) is 0. The molecule has 0 aromatic carbocycles. The van der Waals surface area contributed by atoms with E-state index >= 15 is 0 Å². The van der Waals surface area contributed by atoms with Crippen LogP contribution in [0.25, 0.3) is 0 Å². The molecule has 0 aromatic rings. The minimum atomic E-state index is 0.309. The second kappa shape index (κ2) is 6.87. The molecule has 1 unspecified atom stereocenters. The van der Waals surface area contributed by atoms with Crippen molar-refractivity contribution in [1.82, 2.24) is 0 Å². The molecule has 0 amide bonds. The highest BCUT2D eigenvalue weighted by Crippen LogP contribution is 2.09. The van der Waals surface area contributed by atoms with Gasteiger partial charge in [-0.1, -0.05) is 24.3 Å². The molecule has 1 fully saturated rings. The van der Waals surface area contributed by atoms with E-state index in [0.29, 0.717) is 12.7 Å². The van der Waals surface area contributed by atoms with Crippen LogP contribution in [-0.2, 0) is 9.47 Å². The topological polar surface area (TPSA) is 18.5 Å². The molecule has 0 radical (unpaired) electrons. The van der Waals surface area contributed by atoms with E-state index < -0.39 is 0 Å². The van der Waals surface area contributed by atoms with Crippen molar-refractivity contribution in [3.05, 3.63) is 24.3 Å². The highest BCUT2D eigenvalue weighted by atomic mass is 16.5. The predicted molar refractivity (Wildman–Crippen MR) is 53.7 cm³/mol. The third-order valence-corrected chi connectivity index (χ3v) is 1.99. The zero-order valence-corrected chi connectivity index (χ0v) is 8.24. The first kappa shape index (κ1) is 10.5. The number of hydrogen-bond donors (Lipinski definition) is 0. The maximum absolute atomic E-state index is 5.58. The smallest absolute Gasteiger partial charge is 0.0813 e. The van der Waals surface area contributed by atoms with E-state index in [4.69, 9.17) is 9.47 Å². The van der Waals surface area contributed by atoms with Crippen LogP contribution in [0.2, 0.25) is 0 Å². The van der Waals surface area contributed by atoms with Crippen LogP contribution in [0.15, 0.2) is 24.3 Å². The van der Waals surface area contributed by atoms with Crippen molar-refractivity contribution < 1.29 is 9.47 Å². The van der Waals surface area contributed by atoms with Crippen molar-refractivity contribution in [3.8, 4) is 0 Å². The average Bonchev–Trinajstić information content (AvgIpc) is 2.19. The van der Waals surface area contributed by atoms with Crippen LogP contribution in [-0.4, -0.2) is 25.9 Å². The molecule has 1 aliphatic heterocycles. The van der Waals surface area contributed by atoms with E-state index in [1.54, 1.807) is 0 Å². The van der Waals surface area contributed by atoms with Crippen molar-refractivity contribution >= 4 is 0 Å². The Bertz CT molecular complexity index is 167. The van der Waals surface area contributed by atoms with Gasteiger partial charge in [0.15, 0.2) is 0 Å². The summed E-state index contributed by atoms with van der Waals surface area (Å²) in [6.07, 6.45) is 10.6. The second-order valence-electron chi connectivity index (χ2n) is 3.13. The maximum atomic E-state index is 5.58. The summed E-state index contributed by atoms with van der Waals surface area (Å²) in [4.78, 5) is 0. The van der Waals surface area contributed by atoms with Gasteiger partial charge >= 0.3 is 0 Å². The largest absolute Gasteiger partial charge is 0.379 e. The number of ether oxygens (including phenoxy) is 2. The molecular weight excluding hydrogens is 164 g/mol. The Labute approximate surface area is 80.2 Å². The summed E-state index contributed by atoms with van der Waals surface area (Å²) in [5, 5.41) is 0. The average molecular weight is 182 g/mol. The Kier molecular flexibility index (Phi) is 5.54. The molecule has 0 N–H and O–H groups in total. The van der Waals surface area contributed by atoms with Gasteiger partial charge in [-0.2, -0.15) is 0 Å². The van der Waals surface area contributed by atoms with Crippen LogP contribution in [0.1, 0.15) is 19.8 Å². The zero-order chi connectivity index (χ0) is 9.36. The number of allylic oxidation sites excluding steroid dienone is 3. The van der Waals surface area contributed by atoms with Gasteiger partial charge in [0.1, 0.15) is 0 Å². The predicted octanol–water partition coefficient (Wildman–Crippen LogP) is 2.31. The van der Waals surface area contributed by atoms with Gasteiger partial charge in [-0.3, -0.25) is 0 Å². The SMILES string of the molecule is CC=CC=CCOC1CCCOC1. The van der Waals surface area contributed by atoms with Crippen molar-refractivity contribution in [2.24, 2.45) is 0 Å². The van der Waals surface area contributed by atoms with Gasteiger partial charge in [-0.15, -0.1) is 0 Å². The summed E-state index contributed by atoms with van der Waals surface area (Å²) in [6, 6.07) is 0. The molecule has 2 heteroatoms. The van der Waals surface area contributed by atoms with Crippen molar-refractivity contribution in [3.63, 3.8) is 0 Å². The Morgan fingerprint density at radius 2 is 2.38 bits per heavy atom. The monoisotopic (exact) mass is 182 g/mol. The van der Waals surface area contributed by atoms with Crippen LogP contribution >= 0.6 is 0 Å². The van der Waals surface area contributed by atoms with Crippen LogP contribution in [0.5, 0.6) is 0 Å². The van der Waals surface area contributed by atoms with Crippen LogP contribution < -0.4 is 0 Å². The van der Waals surface area contributed by atoms with Gasteiger partial charge in [0.25, 0.3) is 0 Å². The first-order valence-corrected chi connectivity index (χ1v) is 4.90. The third-order valence-electron chi connectivity index (χ3n) is 1.99. The van der Waals surface area contributed by atoms with Gasteiger partial charge in [-0.25, -0.2) is 0 Å². The van der Waals surface area contributed by atoms with Gasteiger partial charge < -0.3 is 9.47 Å². The first-order valence-electron chi connectivity index (χ1n) is 4.90. The normalized spacial score (nSPS) is 24.5. The Morgan fingerprint density at radius 1 is 1.46 bits per heavy atom. The quantitative estimate of drug-likeness (QED) is 0.621.